The average Bonchev–Trinajstić information content (AvgIpc) is 2.36. The van der Waals surface area contributed by atoms with Gasteiger partial charge in [0.15, 0.2) is 0 Å². The molecule has 1 fully saturated rings. The van der Waals surface area contributed by atoms with Crippen LogP contribution in [0.3, 0.4) is 0 Å². The van der Waals surface area contributed by atoms with Crippen molar-refractivity contribution in [2.45, 2.75) is 12.8 Å². The largest absolute Gasteiger partial charge is 0.395 e. The van der Waals surface area contributed by atoms with Crippen LogP contribution in [0.15, 0.2) is 24.3 Å². The van der Waals surface area contributed by atoms with Gasteiger partial charge in [-0.3, -0.25) is 9.59 Å². The summed E-state index contributed by atoms with van der Waals surface area (Å²) in [6.45, 7) is 0.667. The summed E-state index contributed by atoms with van der Waals surface area (Å²) >= 11 is 0. The van der Waals surface area contributed by atoms with Gasteiger partial charge in [0, 0.05) is 37.8 Å². The van der Waals surface area contributed by atoms with Gasteiger partial charge in [-0.1, -0.05) is 0 Å². The molecular formula is C14H18N2O3. The predicted octanol–water partition coefficient (Wildman–Crippen LogP) is 1.03. The van der Waals surface area contributed by atoms with Crippen LogP contribution in [-0.2, 0) is 9.59 Å². The summed E-state index contributed by atoms with van der Waals surface area (Å²) in [4.78, 5) is 24.5. The van der Waals surface area contributed by atoms with Crippen LogP contribution >= 0.6 is 0 Å². The van der Waals surface area contributed by atoms with E-state index in [0.29, 0.717) is 19.4 Å². The number of nitrogens with one attached hydrogen (secondary N) is 1. The molecule has 5 nitrogen and oxygen atoms in total. The third kappa shape index (κ3) is 3.32. The van der Waals surface area contributed by atoms with Crippen LogP contribution in [0.25, 0.3) is 0 Å². The van der Waals surface area contributed by atoms with Gasteiger partial charge in [-0.25, -0.2) is 0 Å². The van der Waals surface area contributed by atoms with Crippen molar-refractivity contribution in [3.05, 3.63) is 24.3 Å². The number of carbonyl (C=O) groups is 2. The van der Waals surface area contributed by atoms with Gasteiger partial charge < -0.3 is 15.3 Å². The van der Waals surface area contributed by atoms with Gasteiger partial charge in [0.1, 0.15) is 5.78 Å². The summed E-state index contributed by atoms with van der Waals surface area (Å²) in [6, 6.07) is 7.41. The number of hydrogen-bond donors (Lipinski definition) is 2. The monoisotopic (exact) mass is 262 g/mol. The zero-order chi connectivity index (χ0) is 13.8. The number of ketones is 1. The van der Waals surface area contributed by atoms with Crippen LogP contribution in [-0.4, -0.2) is 37.0 Å². The molecule has 0 spiro atoms. The highest BCUT2D eigenvalue weighted by atomic mass is 16.3. The molecule has 0 aromatic heterocycles. The molecule has 0 atom stereocenters. The number of aliphatic hydroxyl groups is 1. The lowest BCUT2D eigenvalue weighted by Gasteiger charge is -2.23. The van der Waals surface area contributed by atoms with E-state index in [2.05, 4.69) is 5.32 Å². The van der Waals surface area contributed by atoms with Crippen molar-refractivity contribution in [2.24, 2.45) is 5.92 Å². The zero-order valence-electron chi connectivity index (χ0n) is 10.9. The van der Waals surface area contributed by atoms with Gasteiger partial charge in [-0.05, 0) is 24.3 Å². The van der Waals surface area contributed by atoms with Crippen LogP contribution in [0.4, 0.5) is 11.4 Å². The van der Waals surface area contributed by atoms with E-state index in [9.17, 15) is 9.59 Å². The van der Waals surface area contributed by atoms with Crippen molar-refractivity contribution in [3.63, 3.8) is 0 Å². The van der Waals surface area contributed by atoms with E-state index in [-0.39, 0.29) is 24.2 Å². The fourth-order valence-electron chi connectivity index (χ4n) is 2.00. The molecule has 0 bridgehead atoms. The van der Waals surface area contributed by atoms with Crippen LogP contribution < -0.4 is 10.2 Å². The Hall–Kier alpha value is -1.88. The maximum absolute atomic E-state index is 11.8. The highest BCUT2D eigenvalue weighted by molar-refractivity contribution is 6.02. The number of Topliss-reactive ketones (excluding diaryl/α,β-unsaturated/α-hetero) is 1. The molecule has 102 valence electrons. The van der Waals surface area contributed by atoms with Crippen molar-refractivity contribution >= 4 is 23.1 Å². The number of nitrogens with zero attached hydrogens (tertiary/aromatic N) is 1. The lowest BCUT2D eigenvalue weighted by molar-refractivity contribution is -0.135. The molecule has 2 N–H and O–H groups in total. The second-order valence-electron chi connectivity index (χ2n) is 4.83. The smallest absolute Gasteiger partial charge is 0.228 e. The molecule has 1 aliphatic carbocycles. The summed E-state index contributed by atoms with van der Waals surface area (Å²) in [5.41, 5.74) is 1.70. The first-order valence-electron chi connectivity index (χ1n) is 6.35. The minimum absolute atomic E-state index is 0.0870. The van der Waals surface area contributed by atoms with Crippen LogP contribution in [0.1, 0.15) is 12.8 Å². The topological polar surface area (TPSA) is 69.6 Å². The SMILES string of the molecule is CN(CCO)c1ccc(NC(=O)C2CC(=O)C2)cc1. The first-order chi connectivity index (χ1) is 9.10. The molecule has 0 radical (unpaired) electrons. The number of benzene rings is 1. The minimum Gasteiger partial charge on any atom is -0.395 e. The number of likely N-dealkylation sites (N-methyl/N-ethyl adjacent to an activating group) is 1. The number of anilines is 2. The Bertz CT molecular complexity index is 462. The molecule has 1 amide bonds. The fraction of sp³-hybridized carbons (Fsp3) is 0.429. The molecule has 0 saturated heterocycles. The van der Waals surface area contributed by atoms with E-state index in [1.54, 1.807) is 0 Å². The molecule has 0 unspecified atom stereocenters. The molecule has 1 aromatic rings. The first-order valence-corrected chi connectivity index (χ1v) is 6.35. The Morgan fingerprint density at radius 1 is 1.37 bits per heavy atom. The summed E-state index contributed by atoms with van der Waals surface area (Å²) in [6.07, 6.45) is 0.728. The number of carbonyl (C=O) groups excluding carboxylic acids is 2. The van der Waals surface area contributed by atoms with Crippen molar-refractivity contribution in [3.8, 4) is 0 Å². The van der Waals surface area contributed by atoms with Crippen LogP contribution in [0.2, 0.25) is 0 Å². The highest BCUT2D eigenvalue weighted by Gasteiger charge is 2.32. The second-order valence-corrected chi connectivity index (χ2v) is 4.83. The Labute approximate surface area is 112 Å². The predicted molar refractivity (Wildman–Crippen MR) is 73.2 cm³/mol. The molecule has 19 heavy (non-hydrogen) atoms. The van der Waals surface area contributed by atoms with Gasteiger partial charge in [-0.2, -0.15) is 0 Å². The summed E-state index contributed by atoms with van der Waals surface area (Å²) in [5, 5.41) is 11.7. The maximum Gasteiger partial charge on any atom is 0.228 e. The Balaban J connectivity index is 1.91. The van der Waals surface area contributed by atoms with Crippen molar-refractivity contribution in [2.75, 3.05) is 30.4 Å². The molecule has 2 rings (SSSR count). The molecule has 5 heteroatoms. The third-order valence-corrected chi connectivity index (χ3v) is 3.33. The summed E-state index contributed by atoms with van der Waals surface area (Å²) in [7, 11) is 1.89. The Morgan fingerprint density at radius 3 is 2.53 bits per heavy atom. The van der Waals surface area contributed by atoms with Gasteiger partial charge in [0.05, 0.1) is 12.5 Å². The van der Waals surface area contributed by atoms with Gasteiger partial charge in [0.2, 0.25) is 5.91 Å². The van der Waals surface area contributed by atoms with E-state index in [0.717, 1.165) is 11.4 Å². The molecule has 1 aliphatic rings. The van der Waals surface area contributed by atoms with Crippen LogP contribution in [0.5, 0.6) is 0 Å². The highest BCUT2D eigenvalue weighted by Crippen LogP contribution is 2.25. The van der Waals surface area contributed by atoms with E-state index in [1.807, 2.05) is 36.2 Å². The third-order valence-electron chi connectivity index (χ3n) is 3.33. The Kier molecular flexibility index (Phi) is 4.16. The summed E-state index contributed by atoms with van der Waals surface area (Å²) in [5.74, 6) is -0.0959. The second kappa shape index (κ2) is 5.84. The van der Waals surface area contributed by atoms with E-state index in [1.165, 1.54) is 0 Å². The van der Waals surface area contributed by atoms with Gasteiger partial charge in [-0.15, -0.1) is 0 Å². The Morgan fingerprint density at radius 2 is 2.00 bits per heavy atom. The lowest BCUT2D eigenvalue weighted by Crippen LogP contribution is -2.34. The van der Waals surface area contributed by atoms with E-state index < -0.39 is 0 Å². The maximum atomic E-state index is 11.8. The lowest BCUT2D eigenvalue weighted by atomic mass is 9.83. The van der Waals surface area contributed by atoms with Crippen molar-refractivity contribution in [1.82, 2.24) is 0 Å². The average molecular weight is 262 g/mol. The standard InChI is InChI=1S/C14H18N2O3/c1-16(6-7-17)12-4-2-11(3-5-12)15-14(19)10-8-13(18)9-10/h2-5,10,17H,6-9H2,1H3,(H,15,19). The molecule has 0 heterocycles. The number of amides is 1. The van der Waals surface area contributed by atoms with E-state index in [4.69, 9.17) is 5.11 Å². The minimum atomic E-state index is -0.163. The number of hydrogen-bond acceptors (Lipinski definition) is 4. The zero-order valence-corrected chi connectivity index (χ0v) is 10.9. The number of rotatable bonds is 5. The molecule has 0 aliphatic heterocycles. The molecule has 1 saturated carbocycles. The molecule has 1 aromatic carbocycles. The fourth-order valence-corrected chi connectivity index (χ4v) is 2.00. The van der Waals surface area contributed by atoms with Crippen LogP contribution in [0, 0.1) is 5.92 Å². The normalized spacial score (nSPS) is 14.9. The summed E-state index contributed by atoms with van der Waals surface area (Å²) < 4.78 is 0. The van der Waals surface area contributed by atoms with Gasteiger partial charge in [0.25, 0.3) is 0 Å². The molecular weight excluding hydrogens is 244 g/mol. The van der Waals surface area contributed by atoms with Gasteiger partial charge >= 0.3 is 0 Å². The quantitative estimate of drug-likeness (QED) is 0.831. The number of aliphatic hydroxyl groups excluding tert-OH is 1. The van der Waals surface area contributed by atoms with Crippen molar-refractivity contribution < 1.29 is 14.7 Å². The first kappa shape index (κ1) is 13.5. The van der Waals surface area contributed by atoms with Crippen molar-refractivity contribution in [1.29, 1.82) is 0 Å². The van der Waals surface area contributed by atoms with E-state index >= 15 is 0 Å².